The van der Waals surface area contributed by atoms with Crippen LogP contribution in [0.25, 0.3) is 0 Å². The number of anilines is 2. The summed E-state index contributed by atoms with van der Waals surface area (Å²) in [7, 11) is 0. The molecule has 3 aromatic rings. The van der Waals surface area contributed by atoms with Gasteiger partial charge in [-0.05, 0) is 65.1 Å². The number of ether oxygens (including phenoxy) is 1. The highest BCUT2D eigenvalue weighted by atomic mass is 16.5. The molecule has 0 aliphatic rings. The van der Waals surface area contributed by atoms with Crippen molar-refractivity contribution in [3.8, 4) is 5.75 Å². The lowest BCUT2D eigenvalue weighted by Gasteiger charge is -2.27. The highest BCUT2D eigenvalue weighted by molar-refractivity contribution is 6.12. The van der Waals surface area contributed by atoms with Crippen LogP contribution in [0.4, 0.5) is 11.4 Å². The summed E-state index contributed by atoms with van der Waals surface area (Å²) in [6.45, 7) is 13.6. The second-order valence-electron chi connectivity index (χ2n) is 11.9. The molecule has 0 aliphatic heterocycles. The molecular formula is C33H40N2O5. The zero-order valence-electron chi connectivity index (χ0n) is 24.3. The molecule has 0 radical (unpaired) electrons. The fraction of sp³-hybridized carbons (Fsp3) is 0.364. The first-order valence-corrected chi connectivity index (χ1v) is 13.6. The molecule has 0 unspecified atom stereocenters. The second kappa shape index (κ2) is 12.8. The number of para-hydroxylation sites is 2. The van der Waals surface area contributed by atoms with Gasteiger partial charge >= 0.3 is 5.97 Å². The van der Waals surface area contributed by atoms with E-state index in [0.717, 1.165) is 5.75 Å². The molecule has 7 heteroatoms. The molecule has 3 N–H and O–H groups in total. The summed E-state index contributed by atoms with van der Waals surface area (Å²) in [6, 6.07) is 19.2. The summed E-state index contributed by atoms with van der Waals surface area (Å²) in [6.07, 6.45) is 1.60. The van der Waals surface area contributed by atoms with Gasteiger partial charge in [0.15, 0.2) is 0 Å². The van der Waals surface area contributed by atoms with Crippen molar-refractivity contribution in [1.82, 2.24) is 0 Å². The number of hydrogen-bond donors (Lipinski definition) is 3. The van der Waals surface area contributed by atoms with Crippen LogP contribution in [0.2, 0.25) is 0 Å². The lowest BCUT2D eigenvalue weighted by molar-refractivity contribution is -0.116. The minimum absolute atomic E-state index is 0.0145. The molecule has 3 rings (SSSR count). The molecule has 0 aliphatic carbocycles. The fourth-order valence-electron chi connectivity index (χ4n) is 4.25. The number of benzene rings is 3. The van der Waals surface area contributed by atoms with Crippen LogP contribution in [0.3, 0.4) is 0 Å². The maximum absolute atomic E-state index is 12.9. The van der Waals surface area contributed by atoms with Gasteiger partial charge in [0, 0.05) is 6.42 Å². The molecule has 0 aromatic heterocycles. The van der Waals surface area contributed by atoms with Gasteiger partial charge in [0.25, 0.3) is 5.91 Å². The van der Waals surface area contributed by atoms with E-state index in [1.807, 2.05) is 6.07 Å². The Labute approximate surface area is 237 Å². The lowest BCUT2D eigenvalue weighted by Crippen LogP contribution is -2.19. The standard InChI is InChI=1S/C33H40N2O5/c1-32(2,3)22-18-19-28(25(21-22)33(4,5)6)40-20-12-11-17-29(36)34-26-15-9-7-13-23(26)30(37)35-27-16-10-8-14-24(27)31(38)39/h7-10,13-16,18-19,21H,11-12,17,20H2,1-6H3,(H,34,36)(H,35,37)(H,38,39). The van der Waals surface area contributed by atoms with Gasteiger partial charge in [0.1, 0.15) is 5.75 Å². The van der Waals surface area contributed by atoms with Crippen molar-refractivity contribution in [2.24, 2.45) is 0 Å². The van der Waals surface area contributed by atoms with Crippen LogP contribution in [0, 0.1) is 0 Å². The number of carbonyl (C=O) groups is 3. The quantitative estimate of drug-likeness (QED) is 0.230. The van der Waals surface area contributed by atoms with E-state index in [2.05, 4.69) is 64.3 Å². The van der Waals surface area contributed by atoms with Crippen molar-refractivity contribution in [2.75, 3.05) is 17.2 Å². The predicted molar refractivity (Wildman–Crippen MR) is 160 cm³/mol. The van der Waals surface area contributed by atoms with E-state index in [-0.39, 0.29) is 40.0 Å². The third kappa shape index (κ3) is 8.18. The Hall–Kier alpha value is -4.13. The van der Waals surface area contributed by atoms with Gasteiger partial charge in [-0.3, -0.25) is 9.59 Å². The summed E-state index contributed by atoms with van der Waals surface area (Å²) in [4.78, 5) is 37.1. The SMILES string of the molecule is CC(C)(C)c1ccc(OCCCCC(=O)Nc2ccccc2C(=O)Nc2ccccc2C(=O)O)c(C(C)(C)C)c1. The molecule has 0 spiro atoms. The second-order valence-corrected chi connectivity index (χ2v) is 11.9. The number of unbranched alkanes of at least 4 members (excludes halogenated alkanes) is 1. The average molecular weight is 545 g/mol. The summed E-state index contributed by atoms with van der Waals surface area (Å²) >= 11 is 0. The maximum Gasteiger partial charge on any atom is 0.337 e. The Morgan fingerprint density at radius 1 is 0.750 bits per heavy atom. The van der Waals surface area contributed by atoms with Crippen LogP contribution in [0.15, 0.2) is 66.7 Å². The van der Waals surface area contributed by atoms with Gasteiger partial charge in [0.2, 0.25) is 5.91 Å². The molecule has 0 heterocycles. The monoisotopic (exact) mass is 544 g/mol. The van der Waals surface area contributed by atoms with Crippen molar-refractivity contribution in [2.45, 2.75) is 71.6 Å². The van der Waals surface area contributed by atoms with Crippen molar-refractivity contribution in [3.05, 3.63) is 89.0 Å². The maximum atomic E-state index is 12.9. The summed E-state index contributed by atoms with van der Waals surface area (Å²) < 4.78 is 6.14. The zero-order chi connectivity index (χ0) is 29.5. The van der Waals surface area contributed by atoms with Gasteiger partial charge < -0.3 is 20.5 Å². The number of carboxylic acid groups (broad SMARTS) is 1. The number of amides is 2. The van der Waals surface area contributed by atoms with Crippen LogP contribution in [0.5, 0.6) is 5.75 Å². The van der Waals surface area contributed by atoms with Crippen LogP contribution >= 0.6 is 0 Å². The molecule has 7 nitrogen and oxygen atoms in total. The van der Waals surface area contributed by atoms with Crippen LogP contribution in [0.1, 0.15) is 92.6 Å². The van der Waals surface area contributed by atoms with E-state index in [4.69, 9.17) is 4.74 Å². The first-order valence-electron chi connectivity index (χ1n) is 13.6. The Morgan fingerprint density at radius 3 is 1.95 bits per heavy atom. The summed E-state index contributed by atoms with van der Waals surface area (Å²) in [5.41, 5.74) is 3.19. The third-order valence-corrected chi connectivity index (χ3v) is 6.56. The average Bonchev–Trinajstić information content (AvgIpc) is 2.87. The first-order chi connectivity index (χ1) is 18.8. The molecule has 212 valence electrons. The topological polar surface area (TPSA) is 105 Å². The van der Waals surface area contributed by atoms with Gasteiger partial charge in [-0.15, -0.1) is 0 Å². The van der Waals surface area contributed by atoms with E-state index in [0.29, 0.717) is 25.1 Å². The van der Waals surface area contributed by atoms with Crippen LogP contribution in [-0.2, 0) is 15.6 Å². The molecule has 0 fully saturated rings. The smallest absolute Gasteiger partial charge is 0.337 e. The Bertz CT molecular complexity index is 1370. The lowest BCUT2D eigenvalue weighted by atomic mass is 9.80. The summed E-state index contributed by atoms with van der Waals surface area (Å²) in [5, 5.41) is 14.8. The van der Waals surface area contributed by atoms with E-state index >= 15 is 0 Å². The molecule has 0 saturated heterocycles. The summed E-state index contributed by atoms with van der Waals surface area (Å²) in [5.74, 6) is -0.992. The normalized spacial score (nSPS) is 11.6. The number of carbonyl (C=O) groups excluding carboxylic acids is 2. The molecule has 0 atom stereocenters. The van der Waals surface area contributed by atoms with Crippen molar-refractivity contribution < 1.29 is 24.2 Å². The number of hydrogen-bond acceptors (Lipinski definition) is 4. The molecule has 2 amide bonds. The number of carboxylic acids is 1. The van der Waals surface area contributed by atoms with Gasteiger partial charge in [-0.1, -0.05) is 77.9 Å². The Kier molecular flexibility index (Phi) is 9.74. The predicted octanol–water partition coefficient (Wildman–Crippen LogP) is 7.42. The Morgan fingerprint density at radius 2 is 1.35 bits per heavy atom. The largest absolute Gasteiger partial charge is 0.493 e. The molecule has 0 bridgehead atoms. The third-order valence-electron chi connectivity index (χ3n) is 6.56. The van der Waals surface area contributed by atoms with Gasteiger partial charge in [-0.2, -0.15) is 0 Å². The highest BCUT2D eigenvalue weighted by Crippen LogP contribution is 2.35. The minimum Gasteiger partial charge on any atom is -0.493 e. The molecule has 3 aromatic carbocycles. The highest BCUT2D eigenvalue weighted by Gasteiger charge is 2.23. The number of nitrogens with one attached hydrogen (secondary N) is 2. The van der Waals surface area contributed by atoms with Gasteiger partial charge in [-0.25, -0.2) is 4.79 Å². The molecular weight excluding hydrogens is 504 g/mol. The number of rotatable bonds is 10. The first kappa shape index (κ1) is 30.4. The van der Waals surface area contributed by atoms with E-state index in [9.17, 15) is 19.5 Å². The van der Waals surface area contributed by atoms with Crippen molar-refractivity contribution in [1.29, 1.82) is 0 Å². The Balaban J connectivity index is 1.55. The van der Waals surface area contributed by atoms with Crippen LogP contribution < -0.4 is 15.4 Å². The molecule has 0 saturated carbocycles. The van der Waals surface area contributed by atoms with E-state index in [1.165, 1.54) is 23.3 Å². The van der Waals surface area contributed by atoms with Gasteiger partial charge in [0.05, 0.1) is 29.1 Å². The minimum atomic E-state index is -1.14. The van der Waals surface area contributed by atoms with Crippen LogP contribution in [-0.4, -0.2) is 29.5 Å². The zero-order valence-corrected chi connectivity index (χ0v) is 24.3. The van der Waals surface area contributed by atoms with E-state index in [1.54, 1.807) is 36.4 Å². The molecule has 40 heavy (non-hydrogen) atoms. The fourth-order valence-corrected chi connectivity index (χ4v) is 4.25. The number of aromatic carboxylic acids is 1. The van der Waals surface area contributed by atoms with E-state index < -0.39 is 11.9 Å². The van der Waals surface area contributed by atoms with Crippen molar-refractivity contribution in [3.63, 3.8) is 0 Å². The van der Waals surface area contributed by atoms with Crippen molar-refractivity contribution >= 4 is 29.2 Å².